The molecule has 0 radical (unpaired) electrons. The molecule has 1 aromatic carbocycles. The normalized spacial score (nSPS) is 11.0. The fraction of sp³-hybridized carbons (Fsp3) is 0.286. The molecule has 2 N–H and O–H groups in total. The van der Waals surface area contributed by atoms with Gasteiger partial charge in [0.25, 0.3) is 0 Å². The lowest BCUT2D eigenvalue weighted by Crippen LogP contribution is -2.08. The summed E-state index contributed by atoms with van der Waals surface area (Å²) in [6.07, 6.45) is 4.77. The number of fused-ring (bicyclic) bond motifs is 1. The number of hydrogen-bond donors (Lipinski definition) is 2. The molecule has 2 aromatic heterocycles. The van der Waals surface area contributed by atoms with E-state index in [2.05, 4.69) is 51.8 Å². The van der Waals surface area contributed by atoms with Crippen LogP contribution in [0.15, 0.2) is 36.7 Å². The summed E-state index contributed by atoms with van der Waals surface area (Å²) in [4.78, 5) is 0. The van der Waals surface area contributed by atoms with Gasteiger partial charge in [0.2, 0.25) is 0 Å². The third kappa shape index (κ3) is 2.45. The third-order valence-corrected chi connectivity index (χ3v) is 3.16. The van der Waals surface area contributed by atoms with Crippen molar-refractivity contribution in [3.8, 4) is 0 Å². The molecule has 0 aliphatic carbocycles. The Morgan fingerprint density at radius 3 is 3.16 bits per heavy atom. The molecule has 0 unspecified atom stereocenters. The van der Waals surface area contributed by atoms with Gasteiger partial charge in [-0.1, -0.05) is 6.92 Å². The van der Waals surface area contributed by atoms with Crippen molar-refractivity contribution in [3.63, 3.8) is 0 Å². The minimum atomic E-state index is 0.777. The Morgan fingerprint density at radius 2 is 2.26 bits per heavy atom. The fourth-order valence-electron chi connectivity index (χ4n) is 2.16. The summed E-state index contributed by atoms with van der Waals surface area (Å²) in [5.41, 5.74) is 3.33. The van der Waals surface area contributed by atoms with Crippen LogP contribution in [-0.4, -0.2) is 20.0 Å². The van der Waals surface area contributed by atoms with Crippen LogP contribution >= 0.6 is 0 Å². The fourth-order valence-corrected chi connectivity index (χ4v) is 2.16. The van der Waals surface area contributed by atoms with Crippen molar-refractivity contribution in [2.75, 3.05) is 5.32 Å². The molecule has 5 nitrogen and oxygen atoms in total. The highest BCUT2D eigenvalue weighted by Crippen LogP contribution is 2.17. The molecule has 0 fully saturated rings. The molecule has 0 spiro atoms. The molecule has 2 heterocycles. The van der Waals surface area contributed by atoms with E-state index in [1.54, 1.807) is 0 Å². The second-order valence-corrected chi connectivity index (χ2v) is 4.57. The van der Waals surface area contributed by atoms with Crippen LogP contribution in [-0.2, 0) is 13.1 Å². The first-order valence-corrected chi connectivity index (χ1v) is 6.54. The Balaban J connectivity index is 1.72. The monoisotopic (exact) mass is 255 g/mol. The van der Waals surface area contributed by atoms with Crippen molar-refractivity contribution in [1.82, 2.24) is 20.0 Å². The van der Waals surface area contributed by atoms with Crippen LogP contribution in [0.25, 0.3) is 10.9 Å². The molecule has 0 bridgehead atoms. The Labute approximate surface area is 111 Å². The van der Waals surface area contributed by atoms with Gasteiger partial charge in [-0.25, -0.2) is 0 Å². The summed E-state index contributed by atoms with van der Waals surface area (Å²) < 4.78 is 2.04. The molecular formula is C14H17N5. The van der Waals surface area contributed by atoms with Gasteiger partial charge in [-0.15, -0.1) is 0 Å². The highest BCUT2D eigenvalue weighted by molar-refractivity contribution is 5.81. The van der Waals surface area contributed by atoms with Crippen LogP contribution in [0.1, 0.15) is 19.0 Å². The average molecular weight is 255 g/mol. The molecule has 0 amide bonds. The SMILES string of the molecule is CCCn1nccc1CNc1ccc2cn[nH]c2c1. The maximum Gasteiger partial charge on any atom is 0.0670 e. The van der Waals surface area contributed by atoms with E-state index in [0.717, 1.165) is 36.1 Å². The number of H-pyrrole nitrogens is 1. The summed E-state index contributed by atoms with van der Waals surface area (Å²) >= 11 is 0. The van der Waals surface area contributed by atoms with Crippen molar-refractivity contribution in [3.05, 3.63) is 42.4 Å². The maximum absolute atomic E-state index is 4.32. The zero-order chi connectivity index (χ0) is 13.1. The molecule has 19 heavy (non-hydrogen) atoms. The highest BCUT2D eigenvalue weighted by atomic mass is 15.3. The lowest BCUT2D eigenvalue weighted by molar-refractivity contribution is 0.578. The number of rotatable bonds is 5. The van der Waals surface area contributed by atoms with Gasteiger partial charge in [0, 0.05) is 23.8 Å². The molecule has 0 aliphatic heterocycles. The Kier molecular flexibility index (Phi) is 3.18. The van der Waals surface area contributed by atoms with Gasteiger partial charge < -0.3 is 5.32 Å². The van der Waals surface area contributed by atoms with Crippen molar-refractivity contribution < 1.29 is 0 Å². The third-order valence-electron chi connectivity index (χ3n) is 3.16. The minimum absolute atomic E-state index is 0.777. The zero-order valence-electron chi connectivity index (χ0n) is 10.9. The Morgan fingerprint density at radius 1 is 1.32 bits per heavy atom. The van der Waals surface area contributed by atoms with Crippen LogP contribution in [0.3, 0.4) is 0 Å². The standard InChI is InChI=1S/C14H17N5/c1-2-7-19-13(5-6-17-19)10-15-12-4-3-11-9-16-18-14(11)8-12/h3-6,8-9,15H,2,7,10H2,1H3,(H,16,18). The minimum Gasteiger partial charge on any atom is -0.379 e. The first-order chi connectivity index (χ1) is 9.36. The van der Waals surface area contributed by atoms with Crippen LogP contribution in [0.2, 0.25) is 0 Å². The Hall–Kier alpha value is -2.30. The van der Waals surface area contributed by atoms with Gasteiger partial charge in [-0.2, -0.15) is 10.2 Å². The first kappa shape index (κ1) is 11.8. The molecule has 3 rings (SSSR count). The van der Waals surface area contributed by atoms with Gasteiger partial charge in [-0.05, 0) is 30.7 Å². The average Bonchev–Trinajstić information content (AvgIpc) is 3.05. The van der Waals surface area contributed by atoms with Gasteiger partial charge >= 0.3 is 0 Å². The largest absolute Gasteiger partial charge is 0.379 e. The zero-order valence-corrected chi connectivity index (χ0v) is 10.9. The van der Waals surface area contributed by atoms with Gasteiger partial charge in [0.1, 0.15) is 0 Å². The van der Waals surface area contributed by atoms with E-state index in [9.17, 15) is 0 Å². The van der Waals surface area contributed by atoms with Crippen LogP contribution in [0, 0.1) is 0 Å². The van der Waals surface area contributed by atoms with Crippen molar-refractivity contribution >= 4 is 16.6 Å². The van der Waals surface area contributed by atoms with Gasteiger partial charge in [0.15, 0.2) is 0 Å². The number of nitrogens with one attached hydrogen (secondary N) is 2. The predicted molar refractivity (Wildman–Crippen MR) is 75.9 cm³/mol. The van der Waals surface area contributed by atoms with Crippen LogP contribution < -0.4 is 5.32 Å². The predicted octanol–water partition coefficient (Wildman–Crippen LogP) is 2.78. The molecule has 0 aliphatic rings. The smallest absolute Gasteiger partial charge is 0.0670 e. The Bertz CT molecular complexity index is 667. The molecule has 5 heteroatoms. The number of nitrogens with zero attached hydrogens (tertiary/aromatic N) is 3. The molecule has 0 saturated carbocycles. The summed E-state index contributed by atoms with van der Waals surface area (Å²) in [7, 11) is 0. The van der Waals surface area contributed by atoms with E-state index < -0.39 is 0 Å². The quantitative estimate of drug-likeness (QED) is 0.737. The lowest BCUT2D eigenvalue weighted by atomic mass is 10.2. The molecule has 3 aromatic rings. The van der Waals surface area contributed by atoms with Crippen LogP contribution in [0.5, 0.6) is 0 Å². The highest BCUT2D eigenvalue weighted by Gasteiger charge is 2.02. The van der Waals surface area contributed by atoms with Crippen LogP contribution in [0.4, 0.5) is 5.69 Å². The second-order valence-electron chi connectivity index (χ2n) is 4.57. The maximum atomic E-state index is 4.32. The van der Waals surface area contributed by atoms with Gasteiger partial charge in [-0.3, -0.25) is 9.78 Å². The second kappa shape index (κ2) is 5.14. The van der Waals surface area contributed by atoms with Crippen molar-refractivity contribution in [2.45, 2.75) is 26.4 Å². The van der Waals surface area contributed by atoms with Crippen molar-refractivity contribution in [1.29, 1.82) is 0 Å². The number of anilines is 1. The van der Waals surface area contributed by atoms with E-state index in [4.69, 9.17) is 0 Å². The van der Waals surface area contributed by atoms with Crippen molar-refractivity contribution in [2.24, 2.45) is 0 Å². The first-order valence-electron chi connectivity index (χ1n) is 6.54. The molecule has 0 saturated heterocycles. The topological polar surface area (TPSA) is 58.5 Å². The van der Waals surface area contributed by atoms with E-state index in [1.165, 1.54) is 5.69 Å². The summed E-state index contributed by atoms with van der Waals surface area (Å²) in [6.45, 7) is 3.90. The molecular weight excluding hydrogens is 238 g/mol. The van der Waals surface area contributed by atoms with E-state index in [-0.39, 0.29) is 0 Å². The van der Waals surface area contributed by atoms with Gasteiger partial charge in [0.05, 0.1) is 24.0 Å². The number of hydrogen-bond acceptors (Lipinski definition) is 3. The summed E-state index contributed by atoms with van der Waals surface area (Å²) in [5.74, 6) is 0. The number of aromatic amines is 1. The van der Waals surface area contributed by atoms with E-state index >= 15 is 0 Å². The molecule has 0 atom stereocenters. The van der Waals surface area contributed by atoms with E-state index in [1.807, 2.05) is 17.1 Å². The number of benzene rings is 1. The summed E-state index contributed by atoms with van der Waals surface area (Å²) in [5, 5.41) is 15.9. The number of aromatic nitrogens is 4. The molecule has 98 valence electrons. The number of aryl methyl sites for hydroxylation is 1. The summed E-state index contributed by atoms with van der Waals surface area (Å²) in [6, 6.07) is 8.25. The lowest BCUT2D eigenvalue weighted by Gasteiger charge is -2.09. The van der Waals surface area contributed by atoms with E-state index in [0.29, 0.717) is 0 Å².